The lowest BCUT2D eigenvalue weighted by Gasteiger charge is -2.19. The summed E-state index contributed by atoms with van der Waals surface area (Å²) in [7, 11) is 0. The highest BCUT2D eigenvalue weighted by Crippen LogP contribution is 2.03. The van der Waals surface area contributed by atoms with Crippen molar-refractivity contribution < 1.29 is 24.5 Å². The second kappa shape index (κ2) is 7.38. The second-order valence-corrected chi connectivity index (χ2v) is 4.15. The minimum atomic E-state index is -1.10. The van der Waals surface area contributed by atoms with Gasteiger partial charge in [0.25, 0.3) is 0 Å². The summed E-state index contributed by atoms with van der Waals surface area (Å²) in [6.07, 6.45) is -2.09. The molecule has 1 unspecified atom stereocenters. The third kappa shape index (κ3) is 5.87. The Labute approximate surface area is 111 Å². The fourth-order valence-electron chi connectivity index (χ4n) is 1.45. The van der Waals surface area contributed by atoms with Crippen molar-refractivity contribution in [1.82, 2.24) is 5.32 Å². The van der Waals surface area contributed by atoms with E-state index in [2.05, 4.69) is 5.32 Å². The molecule has 0 aliphatic carbocycles. The van der Waals surface area contributed by atoms with Crippen LogP contribution >= 0.6 is 0 Å². The maximum atomic E-state index is 11.5. The fraction of sp³-hybridized carbons (Fsp3) is 0.385. The highest BCUT2D eigenvalue weighted by molar-refractivity contribution is 5.71. The summed E-state index contributed by atoms with van der Waals surface area (Å²) in [6.45, 7) is 1.50. The Morgan fingerprint density at radius 3 is 2.47 bits per heavy atom. The van der Waals surface area contributed by atoms with E-state index in [9.17, 15) is 14.7 Å². The molecule has 0 saturated heterocycles. The van der Waals surface area contributed by atoms with Crippen molar-refractivity contribution in [1.29, 1.82) is 0 Å². The molecule has 0 heterocycles. The van der Waals surface area contributed by atoms with Crippen LogP contribution in [-0.4, -0.2) is 34.4 Å². The number of nitrogens with one attached hydrogen (secondary N) is 1. The zero-order chi connectivity index (χ0) is 14.3. The molecule has 0 aliphatic rings. The van der Waals surface area contributed by atoms with E-state index < -0.39 is 24.2 Å². The largest absolute Gasteiger partial charge is 0.481 e. The third-order valence-corrected chi connectivity index (χ3v) is 2.49. The number of aliphatic hydroxyl groups excluding tert-OH is 1. The van der Waals surface area contributed by atoms with E-state index in [4.69, 9.17) is 9.84 Å². The number of carbonyl (C=O) groups is 2. The van der Waals surface area contributed by atoms with E-state index >= 15 is 0 Å². The molecule has 0 spiro atoms. The van der Waals surface area contributed by atoms with Gasteiger partial charge < -0.3 is 20.3 Å². The molecule has 0 aliphatic heterocycles. The van der Waals surface area contributed by atoms with Crippen LogP contribution in [-0.2, 0) is 16.1 Å². The number of carboxylic acids is 1. The number of benzene rings is 1. The minimum Gasteiger partial charge on any atom is -0.481 e. The van der Waals surface area contributed by atoms with Gasteiger partial charge in [0.05, 0.1) is 18.6 Å². The van der Waals surface area contributed by atoms with Crippen molar-refractivity contribution in [3.8, 4) is 0 Å². The van der Waals surface area contributed by atoms with Gasteiger partial charge in [-0.1, -0.05) is 30.3 Å². The number of ether oxygens (including phenoxy) is 1. The molecule has 0 bridgehead atoms. The lowest BCUT2D eigenvalue weighted by atomic mass is 10.1. The van der Waals surface area contributed by atoms with E-state index in [-0.39, 0.29) is 13.0 Å². The molecular formula is C13H17NO5. The third-order valence-electron chi connectivity index (χ3n) is 2.49. The van der Waals surface area contributed by atoms with Crippen LogP contribution in [0, 0.1) is 0 Å². The van der Waals surface area contributed by atoms with E-state index in [1.54, 1.807) is 12.1 Å². The maximum Gasteiger partial charge on any atom is 0.407 e. The number of carbonyl (C=O) groups excluding carboxylic acids is 1. The van der Waals surface area contributed by atoms with Gasteiger partial charge in [0, 0.05) is 0 Å². The molecular weight excluding hydrogens is 250 g/mol. The van der Waals surface area contributed by atoms with Crippen molar-refractivity contribution >= 4 is 12.1 Å². The Hall–Kier alpha value is -2.08. The van der Waals surface area contributed by atoms with Gasteiger partial charge in [-0.15, -0.1) is 0 Å². The minimum absolute atomic E-state index is 0.0896. The summed E-state index contributed by atoms with van der Waals surface area (Å²) >= 11 is 0. The second-order valence-electron chi connectivity index (χ2n) is 4.15. The molecule has 1 aromatic carbocycles. The monoisotopic (exact) mass is 267 g/mol. The van der Waals surface area contributed by atoms with Crippen molar-refractivity contribution in [3.63, 3.8) is 0 Å². The van der Waals surface area contributed by atoms with Gasteiger partial charge in [-0.05, 0) is 12.5 Å². The summed E-state index contributed by atoms with van der Waals surface area (Å²) < 4.78 is 4.94. The predicted molar refractivity (Wildman–Crippen MR) is 67.5 cm³/mol. The topological polar surface area (TPSA) is 95.9 Å². The van der Waals surface area contributed by atoms with Gasteiger partial charge in [-0.3, -0.25) is 4.79 Å². The lowest BCUT2D eigenvalue weighted by Crippen LogP contribution is -2.43. The zero-order valence-corrected chi connectivity index (χ0v) is 10.6. The first-order chi connectivity index (χ1) is 8.99. The quantitative estimate of drug-likeness (QED) is 0.718. The predicted octanol–water partition coefficient (Wildman–Crippen LogP) is 1.14. The number of rotatable bonds is 6. The Bertz CT molecular complexity index is 418. The first kappa shape index (κ1) is 15.0. The van der Waals surface area contributed by atoms with Gasteiger partial charge >= 0.3 is 12.1 Å². The molecule has 0 saturated carbocycles. The van der Waals surface area contributed by atoms with Crippen molar-refractivity contribution in [2.24, 2.45) is 0 Å². The highest BCUT2D eigenvalue weighted by Gasteiger charge is 2.21. The van der Waals surface area contributed by atoms with Crippen LogP contribution < -0.4 is 5.32 Å². The van der Waals surface area contributed by atoms with Gasteiger partial charge in [-0.2, -0.15) is 0 Å². The number of amides is 1. The van der Waals surface area contributed by atoms with Gasteiger partial charge in [0.15, 0.2) is 0 Å². The molecule has 2 atom stereocenters. The molecule has 0 fully saturated rings. The van der Waals surface area contributed by atoms with Crippen molar-refractivity contribution in [2.75, 3.05) is 0 Å². The number of aliphatic carboxylic acids is 1. The first-order valence-corrected chi connectivity index (χ1v) is 5.86. The lowest BCUT2D eigenvalue weighted by molar-refractivity contribution is -0.138. The highest BCUT2D eigenvalue weighted by atomic mass is 16.5. The molecule has 19 heavy (non-hydrogen) atoms. The Kier molecular flexibility index (Phi) is 5.81. The Morgan fingerprint density at radius 1 is 1.32 bits per heavy atom. The Morgan fingerprint density at radius 2 is 1.95 bits per heavy atom. The Balaban J connectivity index is 2.42. The van der Waals surface area contributed by atoms with Crippen molar-refractivity contribution in [2.45, 2.75) is 32.1 Å². The van der Waals surface area contributed by atoms with Crippen LogP contribution in [0.2, 0.25) is 0 Å². The molecule has 1 aromatic rings. The van der Waals surface area contributed by atoms with E-state index in [1.165, 1.54) is 6.92 Å². The fourth-order valence-corrected chi connectivity index (χ4v) is 1.45. The standard InChI is InChI=1S/C13H17NO5/c1-9(15)11(7-12(16)17)14-13(18)19-8-10-5-3-2-4-6-10/h2-6,9,11,15H,7-8H2,1H3,(H,14,18)(H,16,17)/t9?,11-/m0/s1. The van der Waals surface area contributed by atoms with Crippen LogP contribution in [0.25, 0.3) is 0 Å². The van der Waals surface area contributed by atoms with Gasteiger partial charge in [-0.25, -0.2) is 4.79 Å². The van der Waals surface area contributed by atoms with Crippen LogP contribution in [0.15, 0.2) is 30.3 Å². The SMILES string of the molecule is CC(O)[C@H](CC(=O)O)NC(=O)OCc1ccccc1. The summed E-state index contributed by atoms with van der Waals surface area (Å²) in [6, 6.07) is 8.22. The average molecular weight is 267 g/mol. The van der Waals surface area contributed by atoms with E-state index in [1.807, 2.05) is 18.2 Å². The first-order valence-electron chi connectivity index (χ1n) is 5.86. The molecule has 6 nitrogen and oxygen atoms in total. The molecule has 3 N–H and O–H groups in total. The smallest absolute Gasteiger partial charge is 0.407 e. The number of aliphatic hydroxyl groups is 1. The van der Waals surface area contributed by atoms with E-state index in [0.717, 1.165) is 5.56 Å². The molecule has 0 radical (unpaired) electrons. The zero-order valence-electron chi connectivity index (χ0n) is 10.6. The molecule has 104 valence electrons. The van der Waals surface area contributed by atoms with Crippen LogP contribution in [0.1, 0.15) is 18.9 Å². The number of hydrogen-bond acceptors (Lipinski definition) is 4. The van der Waals surface area contributed by atoms with E-state index in [0.29, 0.717) is 0 Å². The average Bonchev–Trinajstić information content (AvgIpc) is 2.36. The summed E-state index contributed by atoms with van der Waals surface area (Å²) in [5, 5.41) is 20.3. The summed E-state index contributed by atoms with van der Waals surface area (Å²) in [5.74, 6) is -1.10. The number of carboxylic acid groups (broad SMARTS) is 1. The number of hydrogen-bond donors (Lipinski definition) is 3. The van der Waals surface area contributed by atoms with Gasteiger partial charge in [0.2, 0.25) is 0 Å². The van der Waals surface area contributed by atoms with Crippen LogP contribution in [0.3, 0.4) is 0 Å². The molecule has 6 heteroatoms. The molecule has 0 aromatic heterocycles. The normalized spacial score (nSPS) is 13.4. The van der Waals surface area contributed by atoms with Crippen LogP contribution in [0.4, 0.5) is 4.79 Å². The molecule has 1 rings (SSSR count). The molecule has 1 amide bonds. The summed E-state index contributed by atoms with van der Waals surface area (Å²) in [5.41, 5.74) is 0.824. The van der Waals surface area contributed by atoms with Crippen LogP contribution in [0.5, 0.6) is 0 Å². The maximum absolute atomic E-state index is 11.5. The number of alkyl carbamates (subject to hydrolysis) is 1. The summed E-state index contributed by atoms with van der Waals surface area (Å²) in [4.78, 5) is 22.0. The van der Waals surface area contributed by atoms with Gasteiger partial charge in [0.1, 0.15) is 6.61 Å². The van der Waals surface area contributed by atoms with Crippen molar-refractivity contribution in [3.05, 3.63) is 35.9 Å².